The van der Waals surface area contributed by atoms with Gasteiger partial charge in [0.2, 0.25) is 0 Å². The lowest BCUT2D eigenvalue weighted by Gasteiger charge is -2.24. The second kappa shape index (κ2) is 7.03. The van der Waals surface area contributed by atoms with E-state index in [1.54, 1.807) is 20.8 Å². The van der Waals surface area contributed by atoms with Crippen molar-refractivity contribution in [1.29, 1.82) is 0 Å². The summed E-state index contributed by atoms with van der Waals surface area (Å²) < 4.78 is 30.5. The highest BCUT2D eigenvalue weighted by molar-refractivity contribution is 7.91. The monoisotopic (exact) mass is 369 g/mol. The number of rotatable bonds is 4. The fourth-order valence-electron chi connectivity index (χ4n) is 2.78. The number of likely N-dealkylation sites (tertiary alicyclic amines) is 1. The second-order valence-electron chi connectivity index (χ2n) is 7.16. The zero-order valence-electron chi connectivity index (χ0n) is 14.6. The first-order valence-corrected chi connectivity index (χ1v) is 9.68. The molecular weight excluding hydrogens is 346 g/mol. The van der Waals surface area contributed by atoms with E-state index in [1.807, 2.05) is 0 Å². The van der Waals surface area contributed by atoms with E-state index < -0.39 is 27.5 Å². The Kier molecular flexibility index (Phi) is 5.41. The Bertz CT molecular complexity index is 766. The number of amides is 1. The predicted octanol–water partition coefficient (Wildman–Crippen LogP) is 2.42. The van der Waals surface area contributed by atoms with Crippen molar-refractivity contribution in [2.24, 2.45) is 5.92 Å². The van der Waals surface area contributed by atoms with Gasteiger partial charge >= 0.3 is 12.1 Å². The van der Waals surface area contributed by atoms with Gasteiger partial charge in [-0.05, 0) is 45.2 Å². The van der Waals surface area contributed by atoms with Crippen LogP contribution in [0.2, 0.25) is 0 Å². The third kappa shape index (κ3) is 4.94. The highest BCUT2D eigenvalue weighted by Gasteiger charge is 2.33. The number of ether oxygens (including phenoxy) is 1. The SMILES string of the molecule is CC(C)(C)OC(=O)N1CCC(CS(=O)(=O)c2ccccc2C(=O)O)C1. The maximum absolute atomic E-state index is 12.6. The van der Waals surface area contributed by atoms with Crippen molar-refractivity contribution < 1.29 is 27.9 Å². The van der Waals surface area contributed by atoms with E-state index in [4.69, 9.17) is 4.74 Å². The van der Waals surface area contributed by atoms with Crippen LogP contribution in [-0.4, -0.2) is 54.9 Å². The number of carboxylic acid groups (broad SMARTS) is 1. The molecule has 0 saturated carbocycles. The summed E-state index contributed by atoms with van der Waals surface area (Å²) in [6.45, 7) is 6.02. The van der Waals surface area contributed by atoms with Crippen molar-refractivity contribution in [3.8, 4) is 0 Å². The van der Waals surface area contributed by atoms with Crippen LogP contribution in [0, 0.1) is 5.92 Å². The molecule has 1 aliphatic rings. The molecule has 1 atom stereocenters. The number of benzene rings is 1. The van der Waals surface area contributed by atoms with Gasteiger partial charge < -0.3 is 14.7 Å². The Labute approximate surface area is 147 Å². The highest BCUT2D eigenvalue weighted by Crippen LogP contribution is 2.25. The zero-order chi connectivity index (χ0) is 18.8. The number of hydrogen-bond donors (Lipinski definition) is 1. The van der Waals surface area contributed by atoms with Gasteiger partial charge in [-0.3, -0.25) is 0 Å². The number of sulfone groups is 1. The largest absolute Gasteiger partial charge is 0.478 e. The summed E-state index contributed by atoms with van der Waals surface area (Å²) in [4.78, 5) is 24.6. The number of hydrogen-bond acceptors (Lipinski definition) is 5. The maximum atomic E-state index is 12.6. The van der Waals surface area contributed by atoms with E-state index in [9.17, 15) is 23.1 Å². The molecule has 7 nitrogen and oxygen atoms in total. The molecule has 2 rings (SSSR count). The standard InChI is InChI=1S/C17H23NO6S/c1-17(2,3)24-16(21)18-9-8-12(10-18)11-25(22,23)14-7-5-4-6-13(14)15(19)20/h4-7,12H,8-11H2,1-3H3,(H,19,20). The Balaban J connectivity index is 2.08. The molecule has 1 amide bonds. The Morgan fingerprint density at radius 2 is 1.92 bits per heavy atom. The predicted molar refractivity (Wildman–Crippen MR) is 91.4 cm³/mol. The molecule has 0 radical (unpaired) electrons. The molecule has 0 aliphatic carbocycles. The van der Waals surface area contributed by atoms with E-state index in [1.165, 1.54) is 29.2 Å². The summed E-state index contributed by atoms with van der Waals surface area (Å²) in [6.07, 6.45) is 0.0756. The Hall–Kier alpha value is -2.09. The molecule has 1 N–H and O–H groups in total. The normalized spacial score (nSPS) is 18.2. The first-order valence-electron chi connectivity index (χ1n) is 8.02. The number of aromatic carboxylic acids is 1. The minimum atomic E-state index is -3.76. The molecule has 1 aromatic rings. The number of nitrogens with zero attached hydrogens (tertiary/aromatic N) is 1. The molecule has 138 valence electrons. The molecule has 1 fully saturated rings. The average molecular weight is 369 g/mol. The molecule has 1 unspecified atom stereocenters. The molecule has 8 heteroatoms. The van der Waals surface area contributed by atoms with Crippen LogP contribution in [-0.2, 0) is 14.6 Å². The van der Waals surface area contributed by atoms with Crippen molar-refractivity contribution in [3.05, 3.63) is 29.8 Å². The summed E-state index contributed by atoms with van der Waals surface area (Å²) in [5, 5.41) is 9.18. The summed E-state index contributed by atoms with van der Waals surface area (Å²) in [6, 6.07) is 5.57. The van der Waals surface area contributed by atoms with Crippen LogP contribution in [0.1, 0.15) is 37.6 Å². The molecule has 25 heavy (non-hydrogen) atoms. The molecule has 1 aliphatic heterocycles. The van der Waals surface area contributed by atoms with Gasteiger partial charge in [0.1, 0.15) is 5.60 Å². The highest BCUT2D eigenvalue weighted by atomic mass is 32.2. The van der Waals surface area contributed by atoms with Crippen LogP contribution in [0.5, 0.6) is 0 Å². The first kappa shape index (κ1) is 19.2. The van der Waals surface area contributed by atoms with Crippen molar-refractivity contribution in [3.63, 3.8) is 0 Å². The van der Waals surface area contributed by atoms with Gasteiger partial charge in [0.25, 0.3) is 0 Å². The van der Waals surface area contributed by atoms with Crippen LogP contribution < -0.4 is 0 Å². The third-order valence-electron chi connectivity index (χ3n) is 3.85. The zero-order valence-corrected chi connectivity index (χ0v) is 15.4. The van der Waals surface area contributed by atoms with E-state index in [0.29, 0.717) is 13.0 Å². The van der Waals surface area contributed by atoms with E-state index in [-0.39, 0.29) is 28.7 Å². The van der Waals surface area contributed by atoms with Gasteiger partial charge in [0, 0.05) is 13.1 Å². The second-order valence-corrected chi connectivity index (χ2v) is 9.17. The molecule has 0 aromatic heterocycles. The van der Waals surface area contributed by atoms with Gasteiger partial charge in [-0.25, -0.2) is 18.0 Å². The minimum absolute atomic E-state index is 0.182. The van der Waals surface area contributed by atoms with Crippen molar-refractivity contribution in [2.75, 3.05) is 18.8 Å². The number of carbonyl (C=O) groups is 2. The Morgan fingerprint density at radius 1 is 1.28 bits per heavy atom. The summed E-state index contributed by atoms with van der Waals surface area (Å²) in [5.41, 5.74) is -0.841. The van der Waals surface area contributed by atoms with Crippen LogP contribution in [0.4, 0.5) is 4.79 Å². The molecule has 1 aromatic carbocycles. The van der Waals surface area contributed by atoms with Crippen molar-refractivity contribution >= 4 is 21.9 Å². The number of carbonyl (C=O) groups excluding carboxylic acids is 1. The van der Waals surface area contributed by atoms with Crippen LogP contribution in [0.25, 0.3) is 0 Å². The van der Waals surface area contributed by atoms with E-state index >= 15 is 0 Å². The van der Waals surface area contributed by atoms with Crippen molar-refractivity contribution in [1.82, 2.24) is 4.90 Å². The van der Waals surface area contributed by atoms with E-state index in [0.717, 1.165) is 0 Å². The topological polar surface area (TPSA) is 101 Å². The molecule has 0 spiro atoms. The lowest BCUT2D eigenvalue weighted by Crippen LogP contribution is -2.35. The summed E-state index contributed by atoms with van der Waals surface area (Å²) >= 11 is 0. The maximum Gasteiger partial charge on any atom is 0.410 e. The van der Waals surface area contributed by atoms with Gasteiger partial charge in [0.05, 0.1) is 16.2 Å². The van der Waals surface area contributed by atoms with Gasteiger partial charge in [-0.2, -0.15) is 0 Å². The summed E-state index contributed by atoms with van der Waals surface area (Å²) in [5.74, 6) is -1.73. The average Bonchev–Trinajstić information content (AvgIpc) is 2.93. The first-order chi connectivity index (χ1) is 11.5. The lowest BCUT2D eigenvalue weighted by atomic mass is 10.2. The lowest BCUT2D eigenvalue weighted by molar-refractivity contribution is 0.0289. The molecule has 0 bridgehead atoms. The minimum Gasteiger partial charge on any atom is -0.478 e. The van der Waals surface area contributed by atoms with Crippen LogP contribution in [0.3, 0.4) is 0 Å². The smallest absolute Gasteiger partial charge is 0.410 e. The molecule has 1 saturated heterocycles. The third-order valence-corrected chi connectivity index (χ3v) is 5.78. The van der Waals surface area contributed by atoms with Gasteiger partial charge in [-0.1, -0.05) is 12.1 Å². The molecule has 1 heterocycles. The number of carboxylic acids is 1. The van der Waals surface area contributed by atoms with Crippen LogP contribution in [0.15, 0.2) is 29.2 Å². The fraction of sp³-hybridized carbons (Fsp3) is 0.529. The Morgan fingerprint density at radius 3 is 2.52 bits per heavy atom. The van der Waals surface area contributed by atoms with Gasteiger partial charge in [-0.15, -0.1) is 0 Å². The quantitative estimate of drug-likeness (QED) is 0.875. The van der Waals surface area contributed by atoms with E-state index in [2.05, 4.69) is 0 Å². The summed E-state index contributed by atoms with van der Waals surface area (Å²) in [7, 11) is -3.76. The van der Waals surface area contributed by atoms with Gasteiger partial charge in [0.15, 0.2) is 9.84 Å². The molecular formula is C17H23NO6S. The fourth-order valence-corrected chi connectivity index (χ4v) is 4.62. The van der Waals surface area contributed by atoms with Crippen LogP contribution >= 0.6 is 0 Å². The van der Waals surface area contributed by atoms with Crippen molar-refractivity contribution in [2.45, 2.75) is 37.7 Å².